The molecule has 0 aromatic heterocycles. The van der Waals surface area contributed by atoms with Gasteiger partial charge in [0.05, 0.1) is 10.3 Å². The van der Waals surface area contributed by atoms with Gasteiger partial charge in [-0.15, -0.1) is 0 Å². The van der Waals surface area contributed by atoms with E-state index in [2.05, 4.69) is 26.8 Å². The molecule has 0 spiro atoms. The minimum atomic E-state index is -0.495. The van der Waals surface area contributed by atoms with Gasteiger partial charge in [0.2, 0.25) is 5.91 Å². The maximum absolute atomic E-state index is 11.8. The van der Waals surface area contributed by atoms with Crippen LogP contribution in [0.2, 0.25) is 0 Å². The number of hydrogen-bond acceptors (Lipinski definition) is 4. The Hall–Kier alpha value is -2.22. The van der Waals surface area contributed by atoms with E-state index in [4.69, 9.17) is 0 Å². The minimum Gasteiger partial charge on any atom is -0.273 e. The van der Waals surface area contributed by atoms with Crippen LogP contribution in [-0.4, -0.2) is 21.6 Å². The van der Waals surface area contributed by atoms with E-state index in [1.807, 2.05) is 0 Å². The lowest BCUT2D eigenvalue weighted by molar-refractivity contribution is -0.384. The SMILES string of the molecule is CC1(C(=O)NNC(=O)/C=C/c2ccc([N+](=O)[O-])cc2)CC1Br. The van der Waals surface area contributed by atoms with E-state index in [0.717, 1.165) is 6.42 Å². The number of nitro benzene ring substituents is 1. The molecule has 0 bridgehead atoms. The molecule has 1 aromatic rings. The van der Waals surface area contributed by atoms with Crippen LogP contribution in [0.25, 0.3) is 6.08 Å². The van der Waals surface area contributed by atoms with Crippen molar-refractivity contribution >= 4 is 39.5 Å². The summed E-state index contributed by atoms with van der Waals surface area (Å²) in [5.41, 5.74) is 4.81. The van der Waals surface area contributed by atoms with Gasteiger partial charge in [-0.1, -0.05) is 15.9 Å². The molecule has 0 saturated heterocycles. The van der Waals surface area contributed by atoms with E-state index in [1.165, 1.54) is 36.4 Å². The third-order valence-electron chi connectivity index (χ3n) is 3.48. The van der Waals surface area contributed by atoms with Crippen molar-refractivity contribution < 1.29 is 14.5 Å². The number of non-ortho nitro benzene ring substituents is 1. The summed E-state index contributed by atoms with van der Waals surface area (Å²) in [6, 6.07) is 5.76. The van der Waals surface area contributed by atoms with E-state index < -0.39 is 16.2 Å². The minimum absolute atomic E-state index is 0.0177. The zero-order valence-corrected chi connectivity index (χ0v) is 13.3. The second-order valence-corrected chi connectivity index (χ2v) is 6.32. The fraction of sp³-hybridized carbons (Fsp3) is 0.286. The molecule has 22 heavy (non-hydrogen) atoms. The quantitative estimate of drug-likeness (QED) is 0.367. The highest BCUT2D eigenvalue weighted by Gasteiger charge is 2.54. The van der Waals surface area contributed by atoms with Gasteiger partial charge in [-0.2, -0.15) is 0 Å². The Bertz CT molecular complexity index is 644. The van der Waals surface area contributed by atoms with E-state index in [-0.39, 0.29) is 16.4 Å². The topological polar surface area (TPSA) is 101 Å². The molecule has 2 N–H and O–H groups in total. The van der Waals surface area contributed by atoms with Gasteiger partial charge in [-0.05, 0) is 37.1 Å². The fourth-order valence-corrected chi connectivity index (χ4v) is 2.61. The van der Waals surface area contributed by atoms with Crippen LogP contribution in [0.3, 0.4) is 0 Å². The van der Waals surface area contributed by atoms with Crippen molar-refractivity contribution in [2.24, 2.45) is 5.41 Å². The molecule has 116 valence electrons. The molecule has 7 nitrogen and oxygen atoms in total. The first kappa shape index (κ1) is 16.2. The predicted molar refractivity (Wildman–Crippen MR) is 83.9 cm³/mol. The van der Waals surface area contributed by atoms with Gasteiger partial charge in [0, 0.05) is 23.0 Å². The van der Waals surface area contributed by atoms with Crippen LogP contribution in [0.15, 0.2) is 30.3 Å². The van der Waals surface area contributed by atoms with Crippen molar-refractivity contribution in [2.45, 2.75) is 18.2 Å². The van der Waals surface area contributed by atoms with E-state index in [9.17, 15) is 19.7 Å². The largest absolute Gasteiger partial charge is 0.273 e. The summed E-state index contributed by atoms with van der Waals surface area (Å²) in [7, 11) is 0. The second-order valence-electron chi connectivity index (χ2n) is 5.21. The maximum Gasteiger partial charge on any atom is 0.269 e. The zero-order chi connectivity index (χ0) is 16.3. The molecular weight excluding hydrogens is 354 g/mol. The van der Waals surface area contributed by atoms with Crippen molar-refractivity contribution in [3.8, 4) is 0 Å². The molecule has 1 saturated carbocycles. The van der Waals surface area contributed by atoms with Crippen LogP contribution in [0, 0.1) is 15.5 Å². The highest BCUT2D eigenvalue weighted by atomic mass is 79.9. The molecule has 1 aliphatic carbocycles. The van der Waals surface area contributed by atoms with Gasteiger partial charge in [-0.25, -0.2) is 0 Å². The van der Waals surface area contributed by atoms with Crippen molar-refractivity contribution in [2.75, 3.05) is 0 Å². The van der Waals surface area contributed by atoms with Gasteiger partial charge in [0.15, 0.2) is 0 Å². The number of alkyl halides is 1. The number of benzene rings is 1. The number of nitrogens with zero attached hydrogens (tertiary/aromatic N) is 1. The average Bonchev–Trinajstić information content (AvgIpc) is 3.11. The predicted octanol–water partition coefficient (Wildman–Crippen LogP) is 1.93. The van der Waals surface area contributed by atoms with Crippen LogP contribution < -0.4 is 10.9 Å². The van der Waals surface area contributed by atoms with E-state index in [1.54, 1.807) is 6.92 Å². The molecule has 2 amide bonds. The number of rotatable bonds is 4. The Labute approximate surface area is 135 Å². The number of hydrogen-bond donors (Lipinski definition) is 2. The highest BCUT2D eigenvalue weighted by Crippen LogP contribution is 2.51. The third-order valence-corrected chi connectivity index (χ3v) is 4.82. The van der Waals surface area contributed by atoms with Crippen molar-refractivity contribution in [1.82, 2.24) is 10.9 Å². The number of carbonyl (C=O) groups is 2. The molecule has 0 heterocycles. The lowest BCUT2D eigenvalue weighted by Crippen LogP contribution is -2.44. The maximum atomic E-state index is 11.8. The summed E-state index contributed by atoms with van der Waals surface area (Å²) in [5.74, 6) is -0.728. The Balaban J connectivity index is 1.84. The number of hydrazine groups is 1. The summed E-state index contributed by atoms with van der Waals surface area (Å²) in [5, 5.41) is 10.5. The van der Waals surface area contributed by atoms with Crippen LogP contribution >= 0.6 is 15.9 Å². The summed E-state index contributed by atoms with van der Waals surface area (Å²) in [6.07, 6.45) is 3.47. The molecule has 1 aromatic carbocycles. The van der Waals surface area contributed by atoms with Crippen molar-refractivity contribution in [3.63, 3.8) is 0 Å². The van der Waals surface area contributed by atoms with Gasteiger partial charge >= 0.3 is 0 Å². The third kappa shape index (κ3) is 3.70. The van der Waals surface area contributed by atoms with Crippen molar-refractivity contribution in [3.05, 3.63) is 46.0 Å². The monoisotopic (exact) mass is 367 g/mol. The van der Waals surface area contributed by atoms with E-state index >= 15 is 0 Å². The Morgan fingerprint density at radius 1 is 1.36 bits per heavy atom. The Kier molecular flexibility index (Phi) is 4.60. The van der Waals surface area contributed by atoms with Crippen molar-refractivity contribution in [1.29, 1.82) is 0 Å². The first-order valence-electron chi connectivity index (χ1n) is 6.50. The molecule has 0 radical (unpaired) electrons. The first-order valence-corrected chi connectivity index (χ1v) is 7.41. The summed E-state index contributed by atoms with van der Waals surface area (Å²) in [6.45, 7) is 1.81. The number of halogens is 1. The van der Waals surface area contributed by atoms with Crippen LogP contribution in [-0.2, 0) is 9.59 Å². The highest BCUT2D eigenvalue weighted by molar-refractivity contribution is 9.09. The first-order chi connectivity index (χ1) is 10.3. The molecule has 0 aliphatic heterocycles. The average molecular weight is 368 g/mol. The van der Waals surface area contributed by atoms with Gasteiger partial charge in [-0.3, -0.25) is 30.6 Å². The summed E-state index contributed by atoms with van der Waals surface area (Å²) < 4.78 is 0. The molecule has 2 rings (SSSR count). The number of nitro groups is 1. The van der Waals surface area contributed by atoms with Gasteiger partial charge in [0.1, 0.15) is 0 Å². The molecule has 1 fully saturated rings. The van der Waals surface area contributed by atoms with Gasteiger partial charge < -0.3 is 0 Å². The zero-order valence-electron chi connectivity index (χ0n) is 11.7. The normalized spacial score (nSPS) is 23.1. The lowest BCUT2D eigenvalue weighted by Gasteiger charge is -2.10. The standard InChI is InChI=1S/C14H14BrN3O4/c1-14(8-11(14)15)13(20)17-16-12(19)7-4-9-2-5-10(6-3-9)18(21)22/h2-7,11H,8H2,1H3,(H,16,19)(H,17,20)/b7-4+. The number of nitrogens with one attached hydrogen (secondary N) is 2. The fourth-order valence-electron chi connectivity index (χ4n) is 1.73. The number of carbonyl (C=O) groups excluding carboxylic acids is 2. The smallest absolute Gasteiger partial charge is 0.269 e. The summed E-state index contributed by atoms with van der Waals surface area (Å²) in [4.78, 5) is 33.5. The lowest BCUT2D eigenvalue weighted by atomic mass is 10.1. The van der Waals surface area contributed by atoms with Crippen LogP contribution in [0.5, 0.6) is 0 Å². The molecule has 2 atom stereocenters. The molecule has 8 heteroatoms. The van der Waals surface area contributed by atoms with E-state index in [0.29, 0.717) is 5.56 Å². The Morgan fingerprint density at radius 2 is 1.95 bits per heavy atom. The van der Waals surface area contributed by atoms with Gasteiger partial charge in [0.25, 0.3) is 11.6 Å². The van der Waals surface area contributed by atoms with Crippen LogP contribution in [0.4, 0.5) is 5.69 Å². The summed E-state index contributed by atoms with van der Waals surface area (Å²) >= 11 is 3.35. The Morgan fingerprint density at radius 3 is 2.45 bits per heavy atom. The number of amides is 2. The second kappa shape index (κ2) is 6.27. The molecule has 1 aliphatic rings. The van der Waals surface area contributed by atoms with Crippen LogP contribution in [0.1, 0.15) is 18.9 Å². The molecule has 2 unspecified atom stereocenters. The molecular formula is C14H14BrN3O4.